The fourth-order valence-corrected chi connectivity index (χ4v) is 3.97. The number of hydrogen-bond donors (Lipinski definition) is 0. The zero-order chi connectivity index (χ0) is 16.5. The maximum atomic E-state index is 12.4. The van der Waals surface area contributed by atoms with Gasteiger partial charge in [-0.1, -0.05) is 6.07 Å². The topological polar surface area (TPSA) is 66.4 Å². The van der Waals surface area contributed by atoms with Gasteiger partial charge in [0.05, 0.1) is 17.1 Å². The number of piperazine rings is 1. The highest BCUT2D eigenvalue weighted by Gasteiger charge is 2.38. The first-order valence-corrected chi connectivity index (χ1v) is 9.00. The SMILES string of the molecule is O=C1C(=O)N(C2CCC2)CCN1Cc1ncc(-c2ccccn2)s1. The Balaban J connectivity index is 1.43. The van der Waals surface area contributed by atoms with E-state index >= 15 is 0 Å². The summed E-state index contributed by atoms with van der Waals surface area (Å²) < 4.78 is 0. The van der Waals surface area contributed by atoms with E-state index in [0.717, 1.165) is 34.8 Å². The molecule has 0 unspecified atom stereocenters. The van der Waals surface area contributed by atoms with Crippen molar-refractivity contribution >= 4 is 23.2 Å². The monoisotopic (exact) mass is 342 g/mol. The molecule has 2 amide bonds. The summed E-state index contributed by atoms with van der Waals surface area (Å²) >= 11 is 1.51. The molecule has 1 saturated heterocycles. The first-order valence-electron chi connectivity index (χ1n) is 8.18. The summed E-state index contributed by atoms with van der Waals surface area (Å²) in [5, 5.41) is 0.828. The number of amides is 2. The highest BCUT2D eigenvalue weighted by molar-refractivity contribution is 7.15. The quantitative estimate of drug-likeness (QED) is 0.796. The number of pyridine rings is 1. The smallest absolute Gasteiger partial charge is 0.312 e. The Hall–Kier alpha value is -2.28. The predicted molar refractivity (Wildman–Crippen MR) is 90.1 cm³/mol. The van der Waals surface area contributed by atoms with Crippen LogP contribution >= 0.6 is 11.3 Å². The number of carbonyl (C=O) groups excluding carboxylic acids is 2. The van der Waals surface area contributed by atoms with Crippen LogP contribution in [0.15, 0.2) is 30.6 Å². The van der Waals surface area contributed by atoms with Crippen LogP contribution in [0.2, 0.25) is 0 Å². The molecule has 1 aliphatic carbocycles. The fraction of sp³-hybridized carbons (Fsp3) is 0.412. The van der Waals surface area contributed by atoms with Gasteiger partial charge in [-0.2, -0.15) is 0 Å². The van der Waals surface area contributed by atoms with Gasteiger partial charge in [-0.15, -0.1) is 11.3 Å². The van der Waals surface area contributed by atoms with Gasteiger partial charge in [-0.05, 0) is 31.4 Å². The van der Waals surface area contributed by atoms with Crippen molar-refractivity contribution in [3.05, 3.63) is 35.6 Å². The maximum Gasteiger partial charge on any atom is 0.312 e. The minimum Gasteiger partial charge on any atom is -0.330 e. The number of hydrogen-bond acceptors (Lipinski definition) is 5. The van der Waals surface area contributed by atoms with E-state index in [0.29, 0.717) is 19.6 Å². The average molecular weight is 342 g/mol. The molecule has 1 saturated carbocycles. The summed E-state index contributed by atoms with van der Waals surface area (Å²) in [7, 11) is 0. The lowest BCUT2D eigenvalue weighted by atomic mass is 9.91. The van der Waals surface area contributed by atoms with Crippen LogP contribution in [-0.2, 0) is 16.1 Å². The summed E-state index contributed by atoms with van der Waals surface area (Å²) in [6.07, 6.45) is 6.73. The number of thiazole rings is 1. The molecule has 4 rings (SSSR count). The molecule has 24 heavy (non-hydrogen) atoms. The second-order valence-electron chi connectivity index (χ2n) is 6.14. The van der Waals surface area contributed by atoms with Crippen LogP contribution in [0.3, 0.4) is 0 Å². The standard InChI is InChI=1S/C17H18N4O2S/c22-16-17(23)21(12-4-3-5-12)9-8-20(16)11-15-19-10-14(24-15)13-6-1-2-7-18-13/h1-2,6-7,10,12H,3-5,8-9,11H2. The Labute approximate surface area is 144 Å². The van der Waals surface area contributed by atoms with Crippen LogP contribution in [0.5, 0.6) is 0 Å². The third-order valence-electron chi connectivity index (χ3n) is 4.65. The largest absolute Gasteiger partial charge is 0.330 e. The molecule has 6 nitrogen and oxygen atoms in total. The molecule has 2 fully saturated rings. The second-order valence-corrected chi connectivity index (χ2v) is 7.26. The third kappa shape index (κ3) is 2.80. The van der Waals surface area contributed by atoms with Crippen molar-refractivity contribution in [2.75, 3.05) is 13.1 Å². The van der Waals surface area contributed by atoms with Crippen molar-refractivity contribution in [2.45, 2.75) is 31.8 Å². The first-order chi connectivity index (χ1) is 11.7. The minimum absolute atomic E-state index is 0.277. The van der Waals surface area contributed by atoms with E-state index in [-0.39, 0.29) is 11.9 Å². The second kappa shape index (κ2) is 6.32. The molecule has 124 valence electrons. The average Bonchev–Trinajstić information content (AvgIpc) is 3.02. The molecular weight excluding hydrogens is 324 g/mol. The Bertz CT molecular complexity index is 757. The molecule has 0 bridgehead atoms. The van der Waals surface area contributed by atoms with Crippen molar-refractivity contribution in [3.63, 3.8) is 0 Å². The van der Waals surface area contributed by atoms with Gasteiger partial charge >= 0.3 is 11.8 Å². The van der Waals surface area contributed by atoms with E-state index in [2.05, 4.69) is 9.97 Å². The van der Waals surface area contributed by atoms with E-state index in [1.165, 1.54) is 11.3 Å². The van der Waals surface area contributed by atoms with Gasteiger partial charge in [-0.25, -0.2) is 4.98 Å². The zero-order valence-corrected chi connectivity index (χ0v) is 14.0. The Morgan fingerprint density at radius 1 is 1.12 bits per heavy atom. The van der Waals surface area contributed by atoms with Crippen molar-refractivity contribution in [3.8, 4) is 10.6 Å². The van der Waals surface area contributed by atoms with Crippen molar-refractivity contribution in [2.24, 2.45) is 0 Å². The molecule has 0 spiro atoms. The van der Waals surface area contributed by atoms with Crippen LogP contribution in [-0.4, -0.2) is 50.7 Å². The van der Waals surface area contributed by atoms with E-state index < -0.39 is 5.91 Å². The van der Waals surface area contributed by atoms with Gasteiger partial charge in [0.15, 0.2) is 0 Å². The summed E-state index contributed by atoms with van der Waals surface area (Å²) in [5.41, 5.74) is 0.874. The lowest BCUT2D eigenvalue weighted by Crippen LogP contribution is -2.58. The maximum absolute atomic E-state index is 12.4. The van der Waals surface area contributed by atoms with Crippen molar-refractivity contribution < 1.29 is 9.59 Å². The molecule has 7 heteroatoms. The minimum atomic E-state index is -0.400. The normalized spacial score (nSPS) is 18.8. The van der Waals surface area contributed by atoms with Gasteiger partial charge in [0.25, 0.3) is 0 Å². The first kappa shape index (κ1) is 15.3. The molecule has 0 atom stereocenters. The number of rotatable bonds is 4. The highest BCUT2D eigenvalue weighted by Crippen LogP contribution is 2.28. The van der Waals surface area contributed by atoms with E-state index in [4.69, 9.17) is 0 Å². The molecule has 1 aliphatic heterocycles. The fourth-order valence-electron chi connectivity index (χ4n) is 3.06. The lowest BCUT2D eigenvalue weighted by Gasteiger charge is -2.41. The third-order valence-corrected chi connectivity index (χ3v) is 5.66. The van der Waals surface area contributed by atoms with Crippen LogP contribution in [0, 0.1) is 0 Å². The van der Waals surface area contributed by atoms with E-state index in [9.17, 15) is 9.59 Å². The predicted octanol–water partition coefficient (Wildman–Crippen LogP) is 1.93. The molecule has 2 aromatic heterocycles. The van der Waals surface area contributed by atoms with Gasteiger partial charge in [0.1, 0.15) is 5.01 Å². The molecule has 2 aromatic rings. The van der Waals surface area contributed by atoms with E-state index in [1.807, 2.05) is 18.2 Å². The van der Waals surface area contributed by atoms with Crippen LogP contribution in [0.1, 0.15) is 24.3 Å². The molecular formula is C17H18N4O2S. The van der Waals surface area contributed by atoms with Crippen molar-refractivity contribution in [1.82, 2.24) is 19.8 Å². The zero-order valence-electron chi connectivity index (χ0n) is 13.2. The Kier molecular flexibility index (Phi) is 4.02. The summed E-state index contributed by atoms with van der Waals surface area (Å²) in [5.74, 6) is -0.754. The molecule has 0 aromatic carbocycles. The Morgan fingerprint density at radius 2 is 2.00 bits per heavy atom. The van der Waals surface area contributed by atoms with Gasteiger partial charge in [0, 0.05) is 31.5 Å². The summed E-state index contributed by atoms with van der Waals surface area (Å²) in [6, 6.07) is 6.02. The van der Waals surface area contributed by atoms with Crippen LogP contribution in [0.4, 0.5) is 0 Å². The number of nitrogens with zero attached hydrogens (tertiary/aromatic N) is 4. The number of aromatic nitrogens is 2. The van der Waals surface area contributed by atoms with Crippen molar-refractivity contribution in [1.29, 1.82) is 0 Å². The molecule has 2 aliphatic rings. The van der Waals surface area contributed by atoms with Gasteiger partial charge in [0.2, 0.25) is 0 Å². The van der Waals surface area contributed by atoms with E-state index in [1.54, 1.807) is 22.2 Å². The van der Waals surface area contributed by atoms with Gasteiger partial charge < -0.3 is 9.80 Å². The highest BCUT2D eigenvalue weighted by atomic mass is 32.1. The summed E-state index contributed by atoms with van der Waals surface area (Å²) in [4.78, 5) is 37.7. The molecule has 3 heterocycles. The Morgan fingerprint density at radius 3 is 2.71 bits per heavy atom. The molecule has 0 radical (unpaired) electrons. The molecule has 0 N–H and O–H groups in total. The van der Waals surface area contributed by atoms with Gasteiger partial charge in [-0.3, -0.25) is 14.6 Å². The van der Waals surface area contributed by atoms with Crippen LogP contribution in [0.25, 0.3) is 10.6 Å². The summed E-state index contributed by atoms with van der Waals surface area (Å²) in [6.45, 7) is 1.61. The van der Waals surface area contributed by atoms with Crippen LogP contribution < -0.4 is 0 Å². The lowest BCUT2D eigenvalue weighted by molar-refractivity contribution is -0.159. The number of carbonyl (C=O) groups is 2.